The van der Waals surface area contributed by atoms with Gasteiger partial charge >= 0.3 is 5.97 Å². The van der Waals surface area contributed by atoms with E-state index in [1.807, 2.05) is 13.8 Å². The number of hydrogen-bond donors (Lipinski definition) is 2. The Morgan fingerprint density at radius 1 is 1.24 bits per heavy atom. The van der Waals surface area contributed by atoms with E-state index < -0.39 is 5.97 Å². The van der Waals surface area contributed by atoms with Gasteiger partial charge in [-0.1, -0.05) is 19.3 Å². The number of carbonyl (C=O) groups is 2. The van der Waals surface area contributed by atoms with Crippen molar-refractivity contribution < 1.29 is 14.7 Å². The number of aryl methyl sites for hydroxylation is 2. The van der Waals surface area contributed by atoms with Gasteiger partial charge in [-0.3, -0.25) is 9.59 Å². The lowest BCUT2D eigenvalue weighted by atomic mass is 9.69. The van der Waals surface area contributed by atoms with Crippen LogP contribution in [-0.4, -0.2) is 22.0 Å². The lowest BCUT2D eigenvalue weighted by Crippen LogP contribution is -2.32. The quantitative estimate of drug-likeness (QED) is 0.872. The lowest BCUT2D eigenvalue weighted by molar-refractivity contribution is -0.140. The number of aromatic nitrogens is 1. The Bertz CT molecular complexity index is 514. The molecule has 1 aromatic heterocycles. The normalized spacial score (nSPS) is 17.4. The molecular weight excluding hydrogens is 288 g/mol. The van der Waals surface area contributed by atoms with Crippen LogP contribution in [0.25, 0.3) is 0 Å². The highest BCUT2D eigenvalue weighted by Gasteiger charge is 2.36. The van der Waals surface area contributed by atoms with Crippen LogP contribution < -0.4 is 5.32 Å². The molecule has 1 aliphatic rings. The van der Waals surface area contributed by atoms with E-state index >= 15 is 0 Å². The van der Waals surface area contributed by atoms with Crippen LogP contribution in [0.4, 0.5) is 5.13 Å². The summed E-state index contributed by atoms with van der Waals surface area (Å²) in [7, 11) is 0. The minimum absolute atomic E-state index is 0.0797. The Balaban J connectivity index is 2.02. The first-order valence-corrected chi connectivity index (χ1v) is 8.18. The van der Waals surface area contributed by atoms with Crippen molar-refractivity contribution in [3.8, 4) is 0 Å². The maximum absolute atomic E-state index is 12.3. The van der Waals surface area contributed by atoms with Crippen LogP contribution in [0.5, 0.6) is 0 Å². The zero-order chi connectivity index (χ0) is 15.5. The van der Waals surface area contributed by atoms with Crippen molar-refractivity contribution in [1.29, 1.82) is 0 Å². The molecule has 0 spiro atoms. The van der Waals surface area contributed by atoms with E-state index in [2.05, 4.69) is 10.3 Å². The average molecular weight is 310 g/mol. The number of aliphatic carboxylic acids is 1. The second kappa shape index (κ2) is 6.56. The van der Waals surface area contributed by atoms with Crippen LogP contribution in [0.1, 0.15) is 55.5 Å². The Kier molecular flexibility index (Phi) is 4.98. The minimum Gasteiger partial charge on any atom is -0.481 e. The smallest absolute Gasteiger partial charge is 0.303 e. The molecule has 1 heterocycles. The molecule has 1 saturated carbocycles. The zero-order valence-electron chi connectivity index (χ0n) is 12.6. The molecule has 5 nitrogen and oxygen atoms in total. The maximum atomic E-state index is 12.3. The van der Waals surface area contributed by atoms with Crippen molar-refractivity contribution in [1.82, 2.24) is 4.98 Å². The van der Waals surface area contributed by atoms with Crippen molar-refractivity contribution >= 4 is 28.3 Å². The monoisotopic (exact) mass is 310 g/mol. The number of carboxylic acids is 1. The van der Waals surface area contributed by atoms with Gasteiger partial charge in [0.2, 0.25) is 5.91 Å². The first kappa shape index (κ1) is 15.9. The van der Waals surface area contributed by atoms with Gasteiger partial charge in [0.1, 0.15) is 0 Å². The molecule has 0 aromatic carbocycles. The third-order valence-electron chi connectivity index (χ3n) is 4.25. The zero-order valence-corrected chi connectivity index (χ0v) is 13.4. The second-order valence-electron chi connectivity index (χ2n) is 6.02. The van der Waals surface area contributed by atoms with E-state index in [1.54, 1.807) is 0 Å². The Hall–Kier alpha value is -1.43. The summed E-state index contributed by atoms with van der Waals surface area (Å²) in [5, 5.41) is 12.6. The highest BCUT2D eigenvalue weighted by molar-refractivity contribution is 7.15. The number of rotatable bonds is 5. The topological polar surface area (TPSA) is 79.3 Å². The molecule has 0 unspecified atom stereocenters. The fraction of sp³-hybridized carbons (Fsp3) is 0.667. The van der Waals surface area contributed by atoms with Crippen molar-refractivity contribution in [2.24, 2.45) is 5.41 Å². The standard InChI is InChI=1S/C15H22N2O3S/c1-10-11(2)21-14(16-10)17-12(18)8-15(9-13(19)20)6-4-3-5-7-15/h3-9H2,1-2H3,(H,19,20)(H,16,17,18). The first-order chi connectivity index (χ1) is 9.90. The summed E-state index contributed by atoms with van der Waals surface area (Å²) in [6.45, 7) is 3.88. The summed E-state index contributed by atoms with van der Waals surface area (Å²) in [5.74, 6) is -0.933. The molecule has 116 valence electrons. The fourth-order valence-corrected chi connectivity index (χ4v) is 3.90. The van der Waals surface area contributed by atoms with Crippen molar-refractivity contribution in [3.05, 3.63) is 10.6 Å². The number of carboxylic acid groups (broad SMARTS) is 1. The van der Waals surface area contributed by atoms with Crippen molar-refractivity contribution in [2.75, 3.05) is 5.32 Å². The fourth-order valence-electron chi connectivity index (χ4n) is 3.07. The molecule has 21 heavy (non-hydrogen) atoms. The molecule has 0 saturated heterocycles. The minimum atomic E-state index is -0.814. The van der Waals surface area contributed by atoms with E-state index in [0.717, 1.165) is 42.7 Å². The summed E-state index contributed by atoms with van der Waals surface area (Å²) in [5.41, 5.74) is 0.545. The third kappa shape index (κ3) is 4.27. The van der Waals surface area contributed by atoms with Crippen LogP contribution in [0.2, 0.25) is 0 Å². The van der Waals surface area contributed by atoms with Gasteiger partial charge in [-0.25, -0.2) is 4.98 Å². The number of carbonyl (C=O) groups excluding carboxylic acids is 1. The number of thiazole rings is 1. The predicted octanol–water partition coefficient (Wildman–Crippen LogP) is 3.51. The molecule has 0 radical (unpaired) electrons. The summed E-state index contributed by atoms with van der Waals surface area (Å²) in [6.07, 6.45) is 5.15. The summed E-state index contributed by atoms with van der Waals surface area (Å²) >= 11 is 1.46. The second-order valence-corrected chi connectivity index (χ2v) is 7.22. The highest BCUT2D eigenvalue weighted by Crippen LogP contribution is 2.42. The van der Waals surface area contributed by atoms with Gasteiger partial charge in [-0.15, -0.1) is 11.3 Å². The summed E-state index contributed by atoms with van der Waals surface area (Å²) in [4.78, 5) is 28.8. The van der Waals surface area contributed by atoms with E-state index in [0.29, 0.717) is 5.13 Å². The molecule has 0 bridgehead atoms. The highest BCUT2D eigenvalue weighted by atomic mass is 32.1. The van der Waals surface area contributed by atoms with Crippen LogP contribution in [0.15, 0.2) is 0 Å². The molecular formula is C15H22N2O3S. The first-order valence-electron chi connectivity index (χ1n) is 7.36. The molecule has 1 aliphatic carbocycles. The number of nitrogens with zero attached hydrogens (tertiary/aromatic N) is 1. The van der Waals surface area contributed by atoms with Crippen molar-refractivity contribution in [2.45, 2.75) is 58.8 Å². The summed E-state index contributed by atoms with van der Waals surface area (Å²) < 4.78 is 0. The molecule has 2 rings (SSSR count). The number of nitrogens with one attached hydrogen (secondary N) is 1. The van der Waals surface area contributed by atoms with Gasteiger partial charge in [-0.05, 0) is 32.1 Å². The van der Waals surface area contributed by atoms with Gasteiger partial charge in [0, 0.05) is 11.3 Å². The Labute approximate surface area is 128 Å². The van der Waals surface area contributed by atoms with Crippen LogP contribution in [0.3, 0.4) is 0 Å². The molecule has 1 amide bonds. The Morgan fingerprint density at radius 3 is 2.43 bits per heavy atom. The molecule has 1 aromatic rings. The molecule has 2 N–H and O–H groups in total. The van der Waals surface area contributed by atoms with Crippen LogP contribution in [0, 0.1) is 19.3 Å². The van der Waals surface area contributed by atoms with Gasteiger partial charge < -0.3 is 10.4 Å². The number of amides is 1. The summed E-state index contributed by atoms with van der Waals surface area (Å²) in [6, 6.07) is 0. The largest absolute Gasteiger partial charge is 0.481 e. The lowest BCUT2D eigenvalue weighted by Gasteiger charge is -2.35. The maximum Gasteiger partial charge on any atom is 0.303 e. The van der Waals surface area contributed by atoms with Crippen molar-refractivity contribution in [3.63, 3.8) is 0 Å². The van der Waals surface area contributed by atoms with Gasteiger partial charge in [0.05, 0.1) is 12.1 Å². The molecule has 6 heteroatoms. The van der Waals surface area contributed by atoms with E-state index in [4.69, 9.17) is 5.11 Å². The van der Waals surface area contributed by atoms with Gasteiger partial charge in [-0.2, -0.15) is 0 Å². The molecule has 0 atom stereocenters. The van der Waals surface area contributed by atoms with E-state index in [1.165, 1.54) is 11.3 Å². The van der Waals surface area contributed by atoms with Crippen LogP contribution >= 0.6 is 11.3 Å². The third-order valence-corrected chi connectivity index (χ3v) is 5.24. The van der Waals surface area contributed by atoms with E-state index in [9.17, 15) is 9.59 Å². The Morgan fingerprint density at radius 2 is 1.90 bits per heavy atom. The number of anilines is 1. The van der Waals surface area contributed by atoms with E-state index in [-0.39, 0.29) is 24.2 Å². The van der Waals surface area contributed by atoms with Crippen LogP contribution in [-0.2, 0) is 9.59 Å². The van der Waals surface area contributed by atoms with Gasteiger partial charge in [0.25, 0.3) is 0 Å². The molecule has 1 fully saturated rings. The van der Waals surface area contributed by atoms with Gasteiger partial charge in [0.15, 0.2) is 5.13 Å². The number of hydrogen-bond acceptors (Lipinski definition) is 4. The predicted molar refractivity (Wildman–Crippen MR) is 82.6 cm³/mol. The SMILES string of the molecule is Cc1nc(NC(=O)CC2(CC(=O)O)CCCCC2)sc1C. The molecule has 0 aliphatic heterocycles. The average Bonchev–Trinajstić information content (AvgIpc) is 2.67.